The van der Waals surface area contributed by atoms with Crippen molar-refractivity contribution < 1.29 is 48.0 Å². The second kappa shape index (κ2) is 18.5. The van der Waals surface area contributed by atoms with Crippen LogP contribution in [0, 0.1) is 0 Å². The first-order valence-corrected chi connectivity index (χ1v) is 28.4. The number of unbranched alkanes of at least 4 members (excludes halogenated alkanes) is 2. The van der Waals surface area contributed by atoms with E-state index < -0.39 is 28.2 Å². The molecule has 6 rings (SSSR count). The highest BCUT2D eigenvalue weighted by atomic mass is 28.3. The van der Waals surface area contributed by atoms with Crippen LogP contribution in [-0.2, 0) is 19.1 Å². The van der Waals surface area contributed by atoms with Gasteiger partial charge in [-0.1, -0.05) is 50.4 Å². The Morgan fingerprint density at radius 2 is 1.07 bits per heavy atom. The molecule has 0 saturated carbocycles. The fraction of sp³-hybridized carbons (Fsp3) is 0.545. The van der Waals surface area contributed by atoms with E-state index in [1.54, 1.807) is 35.5 Å². The van der Waals surface area contributed by atoms with Crippen LogP contribution in [0.5, 0.6) is 23.0 Å². The van der Waals surface area contributed by atoms with E-state index in [1.165, 1.54) is 27.9 Å². The molecule has 2 atom stereocenters. The van der Waals surface area contributed by atoms with Gasteiger partial charge in [0.2, 0.25) is 0 Å². The number of phenolic OH excluding ortho intramolecular Hbond substituents is 1. The van der Waals surface area contributed by atoms with Crippen molar-refractivity contribution >= 4 is 51.2 Å². The topological polar surface area (TPSA) is 148 Å². The van der Waals surface area contributed by atoms with E-state index in [0.29, 0.717) is 80.4 Å². The van der Waals surface area contributed by atoms with Gasteiger partial charge in [-0.15, -0.1) is 0 Å². The molecule has 0 aromatic heterocycles. The highest BCUT2D eigenvalue weighted by Crippen LogP contribution is 2.42. The highest BCUT2D eigenvalue weighted by Gasteiger charge is 2.44. The van der Waals surface area contributed by atoms with Crippen LogP contribution in [0.15, 0.2) is 47.8 Å². The number of benzene rings is 2. The van der Waals surface area contributed by atoms with Crippen LogP contribution in [0.1, 0.15) is 66.7 Å². The van der Waals surface area contributed by atoms with Crippen molar-refractivity contribution in [3.05, 3.63) is 58.9 Å². The van der Waals surface area contributed by atoms with Gasteiger partial charge in [-0.3, -0.25) is 29.0 Å². The number of amides is 4. The van der Waals surface area contributed by atoms with Gasteiger partial charge in [0.05, 0.1) is 42.8 Å². The maximum absolute atomic E-state index is 14.0. The Balaban J connectivity index is 1.09. The van der Waals surface area contributed by atoms with Gasteiger partial charge in [0, 0.05) is 53.9 Å². The fourth-order valence-electron chi connectivity index (χ4n) is 7.62. The van der Waals surface area contributed by atoms with Gasteiger partial charge in [-0.05, 0) is 70.2 Å². The first kappa shape index (κ1) is 44.9. The maximum atomic E-state index is 14.0. The molecule has 0 aliphatic carbocycles. The molecule has 4 heterocycles. The van der Waals surface area contributed by atoms with Crippen LogP contribution in [0.4, 0.5) is 11.4 Å². The van der Waals surface area contributed by atoms with Crippen molar-refractivity contribution in [3.8, 4) is 23.0 Å². The molecule has 4 aliphatic rings. The number of nitrogens with zero attached hydrogens (tertiary/aromatic N) is 4. The largest absolute Gasteiger partial charge is 0.504 e. The minimum absolute atomic E-state index is 0.0145. The minimum Gasteiger partial charge on any atom is -0.504 e. The van der Waals surface area contributed by atoms with Gasteiger partial charge in [-0.25, -0.2) is 0 Å². The van der Waals surface area contributed by atoms with Crippen molar-refractivity contribution in [2.75, 3.05) is 56.8 Å². The SMILES string of the molecule is COc1cc2c(cc1OCCCCCOc1cc3c(cc1O)C(=O)N1C=C(C)C[C@H]1C(=O)N3COCC[Si](C)(C)C)N(COCC[Si](C)(C)C)C(=O)[C@@H]1CC(C)=CN1C2=O. The lowest BCUT2D eigenvalue weighted by Crippen LogP contribution is -2.45. The molecule has 60 heavy (non-hydrogen) atoms. The zero-order valence-corrected chi connectivity index (χ0v) is 38.7. The third-order valence-electron chi connectivity index (χ3n) is 11.1. The summed E-state index contributed by atoms with van der Waals surface area (Å²) in [5.41, 5.74) is 3.21. The Labute approximate surface area is 356 Å². The Morgan fingerprint density at radius 3 is 1.53 bits per heavy atom. The first-order valence-electron chi connectivity index (χ1n) is 21.0. The summed E-state index contributed by atoms with van der Waals surface area (Å²) in [5.74, 6) is -0.307. The van der Waals surface area contributed by atoms with E-state index in [1.807, 2.05) is 13.8 Å². The van der Waals surface area contributed by atoms with Crippen LogP contribution >= 0.6 is 0 Å². The van der Waals surface area contributed by atoms with Crippen LogP contribution in [0.25, 0.3) is 0 Å². The molecule has 0 spiro atoms. The van der Waals surface area contributed by atoms with Crippen molar-refractivity contribution in [1.29, 1.82) is 0 Å². The summed E-state index contributed by atoms with van der Waals surface area (Å²) >= 11 is 0. The molecular weight excluding hydrogens is 801 g/mol. The summed E-state index contributed by atoms with van der Waals surface area (Å²) in [5, 5.41) is 11.0. The standard InChI is InChI=1S/C44H62N4O10Si2/c1-29-19-35-43(52)47(27-55-15-17-59(4,5)6)33-23-38(37(49)21-31(33)41(50)45(35)25-29)57-13-11-10-12-14-58-40-24-34-32(22-39(40)54-3)42(51)46-26-30(2)20-36(46)44(53)48(34)28-56-16-18-60(7,8)9/h21-26,35-36,49H,10-20,27-28H2,1-9H3/t35-,36-/m0/s1. The molecule has 326 valence electrons. The summed E-state index contributed by atoms with van der Waals surface area (Å²) in [4.78, 5) is 61.5. The van der Waals surface area contributed by atoms with Gasteiger partial charge in [0.1, 0.15) is 25.5 Å². The van der Waals surface area contributed by atoms with E-state index in [4.69, 9.17) is 23.7 Å². The Bertz CT molecular complexity index is 2040. The molecule has 16 heteroatoms. The summed E-state index contributed by atoms with van der Waals surface area (Å²) in [7, 11) is -1.22. The number of fused-ring (bicyclic) bond motifs is 4. The molecule has 4 amide bonds. The lowest BCUT2D eigenvalue weighted by molar-refractivity contribution is -0.123. The molecular formula is C44H62N4O10Si2. The number of anilines is 2. The molecule has 2 aromatic carbocycles. The summed E-state index contributed by atoms with van der Waals surface area (Å²) < 4.78 is 30.0. The zero-order valence-electron chi connectivity index (χ0n) is 36.7. The molecule has 14 nitrogen and oxygen atoms in total. The monoisotopic (exact) mass is 862 g/mol. The first-order chi connectivity index (χ1) is 28.4. The Kier molecular flexibility index (Phi) is 13.9. The van der Waals surface area contributed by atoms with E-state index in [9.17, 15) is 24.3 Å². The molecule has 4 aliphatic heterocycles. The van der Waals surface area contributed by atoms with Gasteiger partial charge >= 0.3 is 0 Å². The molecule has 0 saturated heterocycles. The van der Waals surface area contributed by atoms with Crippen molar-refractivity contribution in [3.63, 3.8) is 0 Å². The average Bonchev–Trinajstić information content (AvgIpc) is 3.75. The van der Waals surface area contributed by atoms with Crippen LogP contribution < -0.4 is 24.0 Å². The number of hydrogen-bond acceptors (Lipinski definition) is 10. The Hall–Kier alpha value is -4.65. The van der Waals surface area contributed by atoms with E-state index >= 15 is 0 Å². The van der Waals surface area contributed by atoms with Crippen molar-refractivity contribution in [1.82, 2.24) is 9.80 Å². The lowest BCUT2D eigenvalue weighted by atomic mass is 10.1. The predicted molar refractivity (Wildman–Crippen MR) is 236 cm³/mol. The highest BCUT2D eigenvalue weighted by molar-refractivity contribution is 6.76. The number of carbonyl (C=O) groups is 4. The number of methoxy groups -OCH3 is 1. The van der Waals surface area contributed by atoms with Gasteiger partial charge in [-0.2, -0.15) is 0 Å². The second-order valence-electron chi connectivity index (χ2n) is 18.7. The molecule has 0 radical (unpaired) electrons. The zero-order chi connectivity index (χ0) is 43.5. The fourth-order valence-corrected chi connectivity index (χ4v) is 9.13. The quantitative estimate of drug-likeness (QED) is 0.111. The van der Waals surface area contributed by atoms with Crippen LogP contribution in [-0.4, -0.2) is 114 Å². The van der Waals surface area contributed by atoms with Crippen molar-refractivity contribution in [2.24, 2.45) is 0 Å². The number of rotatable bonds is 19. The number of hydrogen-bond donors (Lipinski definition) is 1. The van der Waals surface area contributed by atoms with Gasteiger partial charge in [0.25, 0.3) is 23.6 Å². The third kappa shape index (κ3) is 10.3. The number of ether oxygens (including phenoxy) is 5. The number of phenols is 1. The predicted octanol–water partition coefficient (Wildman–Crippen LogP) is 7.58. The number of carbonyl (C=O) groups excluding carboxylic acids is 4. The summed E-state index contributed by atoms with van der Waals surface area (Å²) in [6, 6.07) is 6.84. The molecule has 0 fully saturated rings. The van der Waals surface area contributed by atoms with Crippen LogP contribution in [0.2, 0.25) is 51.4 Å². The normalized spacial score (nSPS) is 19.1. The summed E-state index contributed by atoms with van der Waals surface area (Å²) in [6.07, 6.45) is 6.35. The van der Waals surface area contributed by atoms with E-state index in [2.05, 4.69) is 39.3 Å². The molecule has 2 aromatic rings. The van der Waals surface area contributed by atoms with Gasteiger partial charge in [0.15, 0.2) is 23.0 Å². The molecule has 0 bridgehead atoms. The van der Waals surface area contributed by atoms with E-state index in [0.717, 1.165) is 23.2 Å². The average molecular weight is 863 g/mol. The van der Waals surface area contributed by atoms with Crippen LogP contribution in [0.3, 0.4) is 0 Å². The second-order valence-corrected chi connectivity index (χ2v) is 29.9. The summed E-state index contributed by atoms with van der Waals surface area (Å²) in [6.45, 7) is 19.0. The Morgan fingerprint density at radius 1 is 0.617 bits per heavy atom. The smallest absolute Gasteiger partial charge is 0.260 e. The third-order valence-corrected chi connectivity index (χ3v) is 14.5. The van der Waals surface area contributed by atoms with E-state index in [-0.39, 0.29) is 60.8 Å². The minimum atomic E-state index is -1.38. The number of aromatic hydroxyl groups is 1. The molecule has 0 unspecified atom stereocenters. The van der Waals surface area contributed by atoms with Crippen molar-refractivity contribution in [2.45, 2.75) is 109 Å². The maximum Gasteiger partial charge on any atom is 0.260 e. The lowest BCUT2D eigenvalue weighted by Gasteiger charge is -2.26. The molecule has 1 N–H and O–H groups in total. The van der Waals surface area contributed by atoms with Gasteiger partial charge < -0.3 is 38.6 Å².